The van der Waals surface area contributed by atoms with Gasteiger partial charge in [0.2, 0.25) is 5.91 Å². The van der Waals surface area contributed by atoms with E-state index < -0.39 is 11.9 Å². The maximum atomic E-state index is 11.6. The first-order valence-corrected chi connectivity index (χ1v) is 6.40. The Morgan fingerprint density at radius 3 is 2.32 bits per heavy atom. The molecule has 0 heterocycles. The van der Waals surface area contributed by atoms with Gasteiger partial charge in [-0.25, -0.2) is 4.79 Å². The lowest BCUT2D eigenvalue weighted by Crippen LogP contribution is -2.43. The number of carboxylic acids is 1. The molecule has 0 aromatic rings. The number of primary amides is 1. The minimum Gasteiger partial charge on any atom is -0.481 e. The van der Waals surface area contributed by atoms with Gasteiger partial charge in [-0.15, -0.1) is 0 Å². The standard InChI is InChI=1S/C12H21N3O4/c1-15(7-10(13)16)12(19)14-6-8-2-4-9(5-3-8)11(17)18/h8-9H,2-7H2,1H3,(H2,13,16)(H,14,19)(H,17,18). The summed E-state index contributed by atoms with van der Waals surface area (Å²) in [5.41, 5.74) is 5.00. The van der Waals surface area contributed by atoms with Crippen LogP contribution >= 0.6 is 0 Å². The molecule has 1 fully saturated rings. The molecule has 0 spiro atoms. The minimum absolute atomic E-state index is 0.114. The van der Waals surface area contributed by atoms with Gasteiger partial charge in [-0.2, -0.15) is 0 Å². The Labute approximate surface area is 112 Å². The largest absolute Gasteiger partial charge is 0.481 e. The van der Waals surface area contributed by atoms with Crippen molar-refractivity contribution in [2.45, 2.75) is 25.7 Å². The quantitative estimate of drug-likeness (QED) is 0.653. The topological polar surface area (TPSA) is 113 Å². The predicted molar refractivity (Wildman–Crippen MR) is 68.3 cm³/mol. The van der Waals surface area contributed by atoms with E-state index in [1.54, 1.807) is 0 Å². The Hall–Kier alpha value is -1.79. The average molecular weight is 271 g/mol. The van der Waals surface area contributed by atoms with Crippen LogP contribution in [-0.4, -0.2) is 48.1 Å². The highest BCUT2D eigenvalue weighted by Crippen LogP contribution is 2.28. The molecule has 0 radical (unpaired) electrons. The lowest BCUT2D eigenvalue weighted by atomic mass is 9.82. The molecule has 0 aliphatic heterocycles. The molecule has 1 saturated carbocycles. The third kappa shape index (κ3) is 5.15. The van der Waals surface area contributed by atoms with Gasteiger partial charge in [0.05, 0.1) is 5.92 Å². The monoisotopic (exact) mass is 271 g/mol. The molecule has 1 aliphatic carbocycles. The van der Waals surface area contributed by atoms with Crippen molar-refractivity contribution < 1.29 is 19.5 Å². The number of aliphatic carboxylic acids is 1. The van der Waals surface area contributed by atoms with E-state index in [0.717, 1.165) is 12.8 Å². The number of urea groups is 1. The Morgan fingerprint density at radius 2 is 1.84 bits per heavy atom. The van der Waals surface area contributed by atoms with Crippen LogP contribution in [0.5, 0.6) is 0 Å². The summed E-state index contributed by atoms with van der Waals surface area (Å²) in [6.45, 7) is 0.395. The number of carbonyl (C=O) groups is 3. The highest BCUT2D eigenvalue weighted by Gasteiger charge is 2.26. The molecule has 0 bridgehead atoms. The number of nitrogens with two attached hydrogens (primary N) is 1. The SMILES string of the molecule is CN(CC(N)=O)C(=O)NCC1CCC(C(=O)O)CC1. The van der Waals surface area contributed by atoms with Crippen molar-refractivity contribution in [1.82, 2.24) is 10.2 Å². The van der Waals surface area contributed by atoms with Crippen molar-refractivity contribution in [1.29, 1.82) is 0 Å². The number of hydrogen-bond acceptors (Lipinski definition) is 3. The van der Waals surface area contributed by atoms with Crippen LogP contribution in [0.15, 0.2) is 0 Å². The molecule has 108 valence electrons. The molecule has 0 atom stereocenters. The fraction of sp³-hybridized carbons (Fsp3) is 0.750. The number of carbonyl (C=O) groups excluding carboxylic acids is 2. The van der Waals surface area contributed by atoms with E-state index in [1.165, 1.54) is 11.9 Å². The average Bonchev–Trinajstić information content (AvgIpc) is 2.35. The van der Waals surface area contributed by atoms with Crippen LogP contribution in [-0.2, 0) is 9.59 Å². The van der Waals surface area contributed by atoms with Crippen molar-refractivity contribution in [3.63, 3.8) is 0 Å². The van der Waals surface area contributed by atoms with Gasteiger partial charge in [0, 0.05) is 13.6 Å². The number of carboxylic acid groups (broad SMARTS) is 1. The van der Waals surface area contributed by atoms with Crippen molar-refractivity contribution in [2.75, 3.05) is 20.1 Å². The summed E-state index contributed by atoms with van der Waals surface area (Å²) in [4.78, 5) is 34.3. The third-order valence-electron chi connectivity index (χ3n) is 3.48. The first-order valence-electron chi connectivity index (χ1n) is 6.40. The molecule has 1 aliphatic rings. The lowest BCUT2D eigenvalue weighted by Gasteiger charge is -2.27. The molecular weight excluding hydrogens is 250 g/mol. The van der Waals surface area contributed by atoms with Crippen molar-refractivity contribution in [3.8, 4) is 0 Å². The van der Waals surface area contributed by atoms with Crippen LogP contribution in [0.25, 0.3) is 0 Å². The molecule has 3 amide bonds. The fourth-order valence-electron chi connectivity index (χ4n) is 2.29. The summed E-state index contributed by atoms with van der Waals surface area (Å²) in [5.74, 6) is -1.23. The van der Waals surface area contributed by atoms with E-state index >= 15 is 0 Å². The van der Waals surface area contributed by atoms with Gasteiger partial charge in [0.1, 0.15) is 6.54 Å². The number of nitrogens with one attached hydrogen (secondary N) is 1. The highest BCUT2D eigenvalue weighted by atomic mass is 16.4. The Morgan fingerprint density at radius 1 is 1.26 bits per heavy atom. The van der Waals surface area contributed by atoms with Gasteiger partial charge >= 0.3 is 12.0 Å². The Kier molecular flexibility index (Phi) is 5.59. The van der Waals surface area contributed by atoms with Crippen molar-refractivity contribution in [3.05, 3.63) is 0 Å². The van der Waals surface area contributed by atoms with E-state index in [1.807, 2.05) is 0 Å². The first kappa shape index (κ1) is 15.3. The second kappa shape index (κ2) is 6.96. The molecule has 4 N–H and O–H groups in total. The van der Waals surface area contributed by atoms with E-state index in [4.69, 9.17) is 10.8 Å². The van der Waals surface area contributed by atoms with Crippen molar-refractivity contribution >= 4 is 17.9 Å². The molecule has 0 aromatic heterocycles. The smallest absolute Gasteiger partial charge is 0.317 e. The summed E-state index contributed by atoms with van der Waals surface area (Å²) >= 11 is 0. The van der Waals surface area contributed by atoms with Gasteiger partial charge in [0.15, 0.2) is 0 Å². The Bertz CT molecular complexity index is 351. The number of hydrogen-bond donors (Lipinski definition) is 3. The maximum Gasteiger partial charge on any atom is 0.317 e. The van der Waals surface area contributed by atoms with Crippen LogP contribution in [0.4, 0.5) is 4.79 Å². The maximum absolute atomic E-state index is 11.6. The predicted octanol–water partition coefficient (Wildman–Crippen LogP) is 0.00410. The second-order valence-corrected chi connectivity index (χ2v) is 5.06. The number of rotatable bonds is 5. The molecule has 0 unspecified atom stereocenters. The summed E-state index contributed by atoms with van der Waals surface area (Å²) < 4.78 is 0. The van der Waals surface area contributed by atoms with Gasteiger partial charge in [0.25, 0.3) is 0 Å². The Balaban J connectivity index is 2.25. The summed E-state index contributed by atoms with van der Waals surface area (Å²) in [5, 5.41) is 11.6. The van der Waals surface area contributed by atoms with Gasteiger partial charge in [-0.3, -0.25) is 9.59 Å². The van der Waals surface area contributed by atoms with Crippen LogP contribution < -0.4 is 11.1 Å². The molecule has 1 rings (SSSR count). The van der Waals surface area contributed by atoms with Gasteiger partial charge in [-0.1, -0.05) is 0 Å². The van der Waals surface area contributed by atoms with E-state index in [-0.39, 0.29) is 18.5 Å². The molecule has 19 heavy (non-hydrogen) atoms. The van der Waals surface area contributed by atoms with E-state index in [0.29, 0.717) is 25.3 Å². The summed E-state index contributed by atoms with van der Waals surface area (Å²) in [7, 11) is 1.50. The van der Waals surface area contributed by atoms with Gasteiger partial charge in [-0.05, 0) is 31.6 Å². The normalized spacial score (nSPS) is 22.6. The van der Waals surface area contributed by atoms with Crippen molar-refractivity contribution in [2.24, 2.45) is 17.6 Å². The highest BCUT2D eigenvalue weighted by molar-refractivity contribution is 5.82. The summed E-state index contributed by atoms with van der Waals surface area (Å²) in [6, 6.07) is -0.334. The van der Waals surface area contributed by atoms with Crippen LogP contribution in [0.1, 0.15) is 25.7 Å². The number of nitrogens with zero attached hydrogens (tertiary/aromatic N) is 1. The molecule has 0 saturated heterocycles. The van der Waals surface area contributed by atoms with E-state index in [9.17, 15) is 14.4 Å². The minimum atomic E-state index is -0.733. The van der Waals surface area contributed by atoms with Crippen LogP contribution in [0.2, 0.25) is 0 Å². The fourth-order valence-corrected chi connectivity index (χ4v) is 2.29. The first-order chi connectivity index (χ1) is 8.90. The summed E-state index contributed by atoms with van der Waals surface area (Å²) in [6.07, 6.45) is 2.92. The zero-order chi connectivity index (χ0) is 14.4. The number of amides is 3. The van der Waals surface area contributed by atoms with Gasteiger partial charge < -0.3 is 21.1 Å². The number of likely N-dealkylation sites (N-methyl/N-ethyl adjacent to an activating group) is 1. The zero-order valence-electron chi connectivity index (χ0n) is 11.1. The lowest BCUT2D eigenvalue weighted by molar-refractivity contribution is -0.143. The van der Waals surface area contributed by atoms with Crippen LogP contribution in [0.3, 0.4) is 0 Å². The third-order valence-corrected chi connectivity index (χ3v) is 3.48. The molecular formula is C12H21N3O4. The zero-order valence-corrected chi connectivity index (χ0v) is 11.1. The molecule has 7 nitrogen and oxygen atoms in total. The van der Waals surface area contributed by atoms with Crippen LogP contribution in [0, 0.1) is 11.8 Å². The second-order valence-electron chi connectivity index (χ2n) is 5.06. The molecule has 7 heteroatoms. The van der Waals surface area contributed by atoms with E-state index in [2.05, 4.69) is 5.32 Å². The molecule has 0 aromatic carbocycles.